The first-order valence-corrected chi connectivity index (χ1v) is 9.82. The van der Waals surface area contributed by atoms with E-state index in [0.717, 1.165) is 0 Å². The average Bonchev–Trinajstić information content (AvgIpc) is 3.16. The molecule has 4 N–H and O–H groups in total. The maximum absolute atomic E-state index is 11.2. The number of aromatic nitrogens is 3. The fraction of sp³-hybridized carbons (Fsp3) is 0.550. The molecule has 2 heterocycles. The maximum Gasteiger partial charge on any atom is 0.302 e. The Morgan fingerprint density at radius 2 is 1.90 bits per heavy atom. The van der Waals surface area contributed by atoms with E-state index in [9.17, 15) is 25.2 Å². The lowest BCUT2D eigenvalue weighted by molar-refractivity contribution is -0.228. The van der Waals surface area contributed by atoms with Gasteiger partial charge in [0, 0.05) is 26.0 Å². The topological polar surface area (TPSA) is 156 Å². The highest BCUT2D eigenvalue weighted by Crippen LogP contribution is 2.27. The van der Waals surface area contributed by atoms with Gasteiger partial charge in [0.15, 0.2) is 0 Å². The molecule has 31 heavy (non-hydrogen) atoms. The first-order valence-electron chi connectivity index (χ1n) is 9.82. The Bertz CT molecular complexity index is 887. The molecule has 1 aromatic carbocycles. The van der Waals surface area contributed by atoms with Gasteiger partial charge in [-0.05, 0) is 11.6 Å². The van der Waals surface area contributed by atoms with Crippen molar-refractivity contribution in [2.24, 2.45) is 7.05 Å². The van der Waals surface area contributed by atoms with Crippen LogP contribution in [0.5, 0.6) is 5.75 Å². The van der Waals surface area contributed by atoms with Gasteiger partial charge in [-0.1, -0.05) is 17.3 Å². The number of aliphatic hydroxyl groups excluding tert-OH is 4. The van der Waals surface area contributed by atoms with Crippen LogP contribution in [0.15, 0.2) is 24.4 Å². The minimum atomic E-state index is -1.44. The van der Waals surface area contributed by atoms with Gasteiger partial charge in [-0.15, -0.1) is 5.10 Å². The van der Waals surface area contributed by atoms with E-state index >= 15 is 0 Å². The molecule has 5 atom stereocenters. The summed E-state index contributed by atoms with van der Waals surface area (Å²) in [5, 5.41) is 47.4. The molecule has 0 amide bonds. The van der Waals surface area contributed by atoms with Crippen LogP contribution in [-0.4, -0.2) is 78.5 Å². The summed E-state index contributed by atoms with van der Waals surface area (Å²) in [6.45, 7) is 0.985. The van der Waals surface area contributed by atoms with Gasteiger partial charge in [0.25, 0.3) is 0 Å². The Morgan fingerprint density at radius 3 is 2.55 bits per heavy atom. The summed E-state index contributed by atoms with van der Waals surface area (Å²) in [6, 6.07) is 5.21. The van der Waals surface area contributed by atoms with E-state index in [-0.39, 0.29) is 19.6 Å². The molecule has 1 aliphatic rings. The Hall–Kier alpha value is -2.57. The number of carbonyl (C=O) groups is 1. The average molecular weight is 437 g/mol. The third-order valence-electron chi connectivity index (χ3n) is 5.02. The second kappa shape index (κ2) is 10.2. The van der Waals surface area contributed by atoms with E-state index in [1.165, 1.54) is 6.92 Å². The summed E-state index contributed by atoms with van der Waals surface area (Å²) in [5.74, 6) is 0.0271. The molecule has 3 rings (SSSR count). The molecule has 1 unspecified atom stereocenters. The standard InChI is InChI=1S/C20H27N3O8/c1-11(25)29-9-13-4-3-12(5-15(13)30-10-14-7-23(2)22-21-14)6-16-18(26)20(28)19(27)17(8-24)31-16/h3-5,7,16-20,24,26-28H,6,8-10H2,1-2H3/t16?,17-,18+,19-,20-/m1/s1. The van der Waals surface area contributed by atoms with Crippen molar-refractivity contribution in [1.82, 2.24) is 15.0 Å². The number of rotatable bonds is 8. The number of aryl methyl sites for hydroxylation is 1. The van der Waals surface area contributed by atoms with Crippen LogP contribution in [0.4, 0.5) is 0 Å². The first-order chi connectivity index (χ1) is 14.8. The molecular formula is C20H27N3O8. The largest absolute Gasteiger partial charge is 0.487 e. The lowest BCUT2D eigenvalue weighted by Gasteiger charge is -2.40. The predicted molar refractivity (Wildman–Crippen MR) is 105 cm³/mol. The number of hydrogen-bond donors (Lipinski definition) is 4. The molecular weight excluding hydrogens is 410 g/mol. The van der Waals surface area contributed by atoms with E-state index in [2.05, 4.69) is 10.3 Å². The van der Waals surface area contributed by atoms with Crippen molar-refractivity contribution in [3.05, 3.63) is 41.2 Å². The van der Waals surface area contributed by atoms with Crippen LogP contribution in [0.3, 0.4) is 0 Å². The Balaban J connectivity index is 1.77. The van der Waals surface area contributed by atoms with E-state index in [1.807, 2.05) is 0 Å². The first kappa shape index (κ1) is 23.1. The van der Waals surface area contributed by atoms with E-state index < -0.39 is 43.1 Å². The SMILES string of the molecule is CC(=O)OCc1ccc(CC2O[C@H](CO)[C@@H](O)[C@H](O)[C@H]2O)cc1OCc1cn(C)nn1. The maximum atomic E-state index is 11.2. The Morgan fingerprint density at radius 1 is 1.16 bits per heavy atom. The fourth-order valence-electron chi connectivity index (χ4n) is 3.35. The van der Waals surface area contributed by atoms with Crippen molar-refractivity contribution < 1.29 is 39.4 Å². The number of carbonyl (C=O) groups excluding carboxylic acids is 1. The third kappa shape index (κ3) is 5.77. The predicted octanol–water partition coefficient (Wildman–Crippen LogP) is -1.16. The molecule has 1 saturated heterocycles. The Kier molecular flexibility index (Phi) is 7.57. The van der Waals surface area contributed by atoms with Crippen LogP contribution in [-0.2, 0) is 41.0 Å². The molecule has 0 radical (unpaired) electrons. The summed E-state index contributed by atoms with van der Waals surface area (Å²) in [7, 11) is 1.74. The van der Waals surface area contributed by atoms with E-state index in [1.54, 1.807) is 36.1 Å². The molecule has 11 heteroatoms. The number of ether oxygens (including phenoxy) is 3. The van der Waals surface area contributed by atoms with Crippen LogP contribution in [0, 0.1) is 0 Å². The lowest BCUT2D eigenvalue weighted by Crippen LogP contribution is -2.59. The summed E-state index contributed by atoms with van der Waals surface area (Å²) in [4.78, 5) is 11.2. The minimum Gasteiger partial charge on any atom is -0.487 e. The second-order valence-corrected chi connectivity index (χ2v) is 7.47. The molecule has 0 saturated carbocycles. The smallest absolute Gasteiger partial charge is 0.302 e. The number of aliphatic hydroxyl groups is 4. The highest BCUT2D eigenvalue weighted by Gasteiger charge is 2.43. The van der Waals surface area contributed by atoms with Crippen LogP contribution >= 0.6 is 0 Å². The third-order valence-corrected chi connectivity index (χ3v) is 5.02. The summed E-state index contributed by atoms with van der Waals surface area (Å²) in [6.07, 6.45) is -4.09. The van der Waals surface area contributed by atoms with Gasteiger partial charge in [-0.3, -0.25) is 9.48 Å². The van der Waals surface area contributed by atoms with E-state index in [4.69, 9.17) is 14.2 Å². The van der Waals surface area contributed by atoms with Crippen LogP contribution in [0.2, 0.25) is 0 Å². The molecule has 0 spiro atoms. The van der Waals surface area contributed by atoms with Crippen molar-refractivity contribution >= 4 is 5.97 Å². The zero-order chi connectivity index (χ0) is 22.5. The Labute approximate surface area is 178 Å². The number of hydrogen-bond acceptors (Lipinski definition) is 10. The molecule has 11 nitrogen and oxygen atoms in total. The van der Waals surface area contributed by atoms with Crippen LogP contribution in [0.25, 0.3) is 0 Å². The van der Waals surface area contributed by atoms with Crippen molar-refractivity contribution in [2.45, 2.75) is 57.1 Å². The highest BCUT2D eigenvalue weighted by atomic mass is 16.5. The molecule has 1 fully saturated rings. The minimum absolute atomic E-state index is 0.0193. The number of esters is 1. The molecule has 2 aromatic rings. The normalized spacial score (nSPS) is 25.9. The van der Waals surface area contributed by atoms with Crippen molar-refractivity contribution in [3.8, 4) is 5.75 Å². The second-order valence-electron chi connectivity index (χ2n) is 7.47. The molecule has 0 aliphatic carbocycles. The summed E-state index contributed by atoms with van der Waals surface area (Å²) < 4.78 is 18.1. The zero-order valence-corrected chi connectivity index (χ0v) is 17.3. The highest BCUT2D eigenvalue weighted by molar-refractivity contribution is 5.66. The van der Waals surface area contributed by atoms with Gasteiger partial charge in [-0.25, -0.2) is 0 Å². The summed E-state index contributed by atoms with van der Waals surface area (Å²) >= 11 is 0. The van der Waals surface area contributed by atoms with Gasteiger partial charge in [0.05, 0.1) is 18.9 Å². The molecule has 170 valence electrons. The number of benzene rings is 1. The van der Waals surface area contributed by atoms with Gasteiger partial charge in [-0.2, -0.15) is 0 Å². The fourth-order valence-corrected chi connectivity index (χ4v) is 3.35. The zero-order valence-electron chi connectivity index (χ0n) is 17.3. The molecule has 0 bridgehead atoms. The van der Waals surface area contributed by atoms with Crippen molar-refractivity contribution in [2.75, 3.05) is 6.61 Å². The van der Waals surface area contributed by atoms with Crippen molar-refractivity contribution in [1.29, 1.82) is 0 Å². The number of nitrogens with zero attached hydrogens (tertiary/aromatic N) is 3. The monoisotopic (exact) mass is 437 g/mol. The van der Waals surface area contributed by atoms with Gasteiger partial charge in [0.2, 0.25) is 0 Å². The van der Waals surface area contributed by atoms with Crippen LogP contribution in [0.1, 0.15) is 23.7 Å². The molecule has 1 aliphatic heterocycles. The van der Waals surface area contributed by atoms with Crippen LogP contribution < -0.4 is 4.74 Å². The van der Waals surface area contributed by atoms with Gasteiger partial charge < -0.3 is 34.6 Å². The molecule has 1 aromatic heterocycles. The quantitative estimate of drug-likeness (QED) is 0.372. The van der Waals surface area contributed by atoms with Crippen molar-refractivity contribution in [3.63, 3.8) is 0 Å². The lowest BCUT2D eigenvalue weighted by atomic mass is 9.91. The summed E-state index contributed by atoms with van der Waals surface area (Å²) in [5.41, 5.74) is 1.96. The van der Waals surface area contributed by atoms with Gasteiger partial charge in [0.1, 0.15) is 49.1 Å². The van der Waals surface area contributed by atoms with Gasteiger partial charge >= 0.3 is 5.97 Å². The van der Waals surface area contributed by atoms with E-state index in [0.29, 0.717) is 22.6 Å².